The number of thiazole rings is 1. The minimum Gasteiger partial charge on any atom is -0.490 e. The summed E-state index contributed by atoms with van der Waals surface area (Å²) in [5.74, 6) is -0.891. The molecule has 0 aliphatic heterocycles. The van der Waals surface area contributed by atoms with Crippen LogP contribution in [0.25, 0.3) is 32.2 Å². The van der Waals surface area contributed by atoms with Gasteiger partial charge in [-0.1, -0.05) is 66.4 Å². The van der Waals surface area contributed by atoms with Gasteiger partial charge in [0.15, 0.2) is 10.9 Å². The predicted octanol–water partition coefficient (Wildman–Crippen LogP) is 11.2. The van der Waals surface area contributed by atoms with Crippen molar-refractivity contribution in [3.63, 3.8) is 0 Å². The maximum absolute atomic E-state index is 13.6. The van der Waals surface area contributed by atoms with Crippen molar-refractivity contribution in [2.24, 2.45) is 0 Å². The summed E-state index contributed by atoms with van der Waals surface area (Å²) in [4.78, 5) is 51.4. The smallest absolute Gasteiger partial charge is 0.422 e. The molecule has 0 bridgehead atoms. The summed E-state index contributed by atoms with van der Waals surface area (Å²) in [5.41, 5.74) is 5.18. The lowest BCUT2D eigenvalue weighted by molar-refractivity contribution is -0.155. The fraction of sp³-hybridized carbons (Fsp3) is 0.269. The summed E-state index contributed by atoms with van der Waals surface area (Å²) in [6, 6.07) is 32.0. The van der Waals surface area contributed by atoms with Gasteiger partial charge in [0.2, 0.25) is 0 Å². The Morgan fingerprint density at radius 1 is 0.765 bits per heavy atom. The van der Waals surface area contributed by atoms with Crippen LogP contribution in [0, 0.1) is 0 Å². The van der Waals surface area contributed by atoms with Crippen molar-refractivity contribution in [2.75, 3.05) is 32.2 Å². The second kappa shape index (κ2) is 21.6. The number of nitrogens with one attached hydrogen (secondary N) is 1. The largest absolute Gasteiger partial charge is 0.490 e. The van der Waals surface area contributed by atoms with E-state index in [-0.39, 0.29) is 25.6 Å². The summed E-state index contributed by atoms with van der Waals surface area (Å²) in [5, 5.41) is 4.87. The number of carbonyl (C=O) groups is 3. The second-order valence-electron chi connectivity index (χ2n) is 16.7. The molecule has 16 heteroatoms. The van der Waals surface area contributed by atoms with Gasteiger partial charge in [0.1, 0.15) is 41.5 Å². The molecule has 0 atom stereocenters. The standard InChI is InChI=1S/C52H49F3N4O8S/c1-32(52(53,54)55)48(61)65-29-28-64-40-20-12-34(13-21-40)7-6-33-8-15-36(16-9-33)41-22-24-43(66-49(62)37-17-10-35(11-18-37)14-25-45(60)67-51(2,3)4)46-47(41)68-50(59-46)57-39-19-23-42-38(30-39)31-56-44(58-42)26-27-63-5/h8-13,15-24,30-31H,1,6-7,14,25-29H2,2-5H3,(H,57,59). The molecule has 2 aromatic heterocycles. The van der Waals surface area contributed by atoms with Crippen molar-refractivity contribution in [3.05, 3.63) is 150 Å². The van der Waals surface area contributed by atoms with Crippen LogP contribution in [0.15, 0.2) is 121 Å². The van der Waals surface area contributed by atoms with Crippen molar-refractivity contribution >= 4 is 61.2 Å². The Bertz CT molecular complexity index is 2910. The second-order valence-corrected chi connectivity index (χ2v) is 17.7. The number of anilines is 2. The highest BCUT2D eigenvalue weighted by Crippen LogP contribution is 2.41. The Kier molecular flexibility index (Phi) is 15.5. The summed E-state index contributed by atoms with van der Waals surface area (Å²) in [7, 11) is 1.64. The van der Waals surface area contributed by atoms with Gasteiger partial charge in [-0.05, 0) is 117 Å². The minimum absolute atomic E-state index is 0.116. The van der Waals surface area contributed by atoms with Crippen LogP contribution in [0.3, 0.4) is 0 Å². The van der Waals surface area contributed by atoms with Gasteiger partial charge < -0.3 is 29.0 Å². The summed E-state index contributed by atoms with van der Waals surface area (Å²) in [6.07, 6.45) is -0.291. The highest BCUT2D eigenvalue weighted by molar-refractivity contribution is 7.22. The molecule has 0 aliphatic rings. The molecular formula is C52H49F3N4O8S. The quantitative estimate of drug-likeness (QED) is 0.0356. The van der Waals surface area contributed by atoms with E-state index in [1.807, 2.05) is 69.3 Å². The molecule has 352 valence electrons. The van der Waals surface area contributed by atoms with Crippen molar-refractivity contribution in [1.29, 1.82) is 0 Å². The van der Waals surface area contributed by atoms with Crippen LogP contribution in [0.5, 0.6) is 11.5 Å². The van der Waals surface area contributed by atoms with E-state index in [1.165, 1.54) is 11.3 Å². The van der Waals surface area contributed by atoms with Crippen LogP contribution < -0.4 is 14.8 Å². The van der Waals surface area contributed by atoms with E-state index in [0.717, 1.165) is 61.9 Å². The van der Waals surface area contributed by atoms with E-state index in [9.17, 15) is 27.6 Å². The lowest BCUT2D eigenvalue weighted by Gasteiger charge is -2.19. The minimum atomic E-state index is -4.85. The fourth-order valence-corrected chi connectivity index (χ4v) is 7.97. The Morgan fingerprint density at radius 2 is 1.44 bits per heavy atom. The number of esters is 3. The Balaban J connectivity index is 1.04. The lowest BCUT2D eigenvalue weighted by atomic mass is 10.00. The number of aryl methyl sites for hydroxylation is 3. The van der Waals surface area contributed by atoms with Crippen LogP contribution in [-0.2, 0) is 49.5 Å². The Hall–Kier alpha value is -7.17. The third-order valence-electron chi connectivity index (χ3n) is 10.4. The number of rotatable bonds is 19. The third-order valence-corrected chi connectivity index (χ3v) is 11.4. The number of carbonyl (C=O) groups excluding carboxylic acids is 3. The van der Waals surface area contributed by atoms with Crippen LogP contribution in [-0.4, -0.2) is 71.6 Å². The molecule has 7 aromatic rings. The van der Waals surface area contributed by atoms with E-state index in [2.05, 4.69) is 38.7 Å². The molecule has 68 heavy (non-hydrogen) atoms. The molecule has 0 saturated heterocycles. The maximum atomic E-state index is 13.6. The van der Waals surface area contributed by atoms with Gasteiger partial charge >= 0.3 is 24.1 Å². The molecule has 5 aromatic carbocycles. The average molecular weight is 947 g/mol. The Labute approximate surface area is 395 Å². The van der Waals surface area contributed by atoms with Crippen LogP contribution >= 0.6 is 11.3 Å². The summed E-state index contributed by atoms with van der Waals surface area (Å²) < 4.78 is 65.4. The third kappa shape index (κ3) is 13.3. The molecule has 0 saturated carbocycles. The SMILES string of the molecule is C=C(C(=O)OCCOc1ccc(CCc2ccc(-c3ccc(OC(=O)c4ccc(CCC(=O)OC(C)(C)C)cc4)c4nc(Nc5ccc6nc(CCOC)ncc6c5)sc34)cc2)cc1)C(F)(F)F. The number of aromatic nitrogens is 3. The van der Waals surface area contributed by atoms with Gasteiger partial charge in [0.25, 0.3) is 0 Å². The molecule has 0 amide bonds. The first-order valence-corrected chi connectivity index (χ1v) is 22.6. The van der Waals surface area contributed by atoms with Crippen LogP contribution in [0.2, 0.25) is 0 Å². The summed E-state index contributed by atoms with van der Waals surface area (Å²) >= 11 is 1.43. The molecule has 12 nitrogen and oxygen atoms in total. The first-order chi connectivity index (χ1) is 32.5. The molecular weight excluding hydrogens is 898 g/mol. The first kappa shape index (κ1) is 48.8. The normalized spacial score (nSPS) is 11.6. The van der Waals surface area contributed by atoms with E-state index in [1.54, 1.807) is 55.8 Å². The number of benzene rings is 5. The number of methoxy groups -OCH3 is 1. The van der Waals surface area contributed by atoms with Crippen molar-refractivity contribution in [2.45, 2.75) is 64.7 Å². The van der Waals surface area contributed by atoms with Crippen molar-refractivity contribution in [1.82, 2.24) is 15.0 Å². The highest BCUT2D eigenvalue weighted by Gasteiger charge is 2.38. The van der Waals surface area contributed by atoms with Crippen LogP contribution in [0.1, 0.15) is 60.1 Å². The first-order valence-electron chi connectivity index (χ1n) is 21.7. The molecule has 0 spiro atoms. The zero-order chi connectivity index (χ0) is 48.4. The van der Waals surface area contributed by atoms with Gasteiger partial charge in [-0.25, -0.2) is 24.5 Å². The Morgan fingerprint density at radius 3 is 2.12 bits per heavy atom. The summed E-state index contributed by atoms with van der Waals surface area (Å²) in [6.45, 7) is 8.26. The average Bonchev–Trinajstić information content (AvgIpc) is 3.74. The lowest BCUT2D eigenvalue weighted by Crippen LogP contribution is -2.24. The number of halogens is 3. The predicted molar refractivity (Wildman–Crippen MR) is 255 cm³/mol. The zero-order valence-corrected chi connectivity index (χ0v) is 38.7. The molecule has 0 fully saturated rings. The van der Waals surface area contributed by atoms with Gasteiger partial charge in [0.05, 0.1) is 22.4 Å². The number of alkyl halides is 3. The monoisotopic (exact) mass is 946 g/mol. The molecule has 0 radical (unpaired) electrons. The van der Waals surface area contributed by atoms with Crippen LogP contribution in [0.4, 0.5) is 24.0 Å². The number of hydrogen-bond acceptors (Lipinski definition) is 13. The zero-order valence-electron chi connectivity index (χ0n) is 37.9. The van der Waals surface area contributed by atoms with Gasteiger partial charge in [0, 0.05) is 42.8 Å². The molecule has 7 rings (SSSR count). The van der Waals surface area contributed by atoms with Gasteiger partial charge in [-0.3, -0.25) is 4.79 Å². The van der Waals surface area contributed by atoms with Crippen molar-refractivity contribution in [3.8, 4) is 22.6 Å². The molecule has 1 N–H and O–H groups in total. The van der Waals surface area contributed by atoms with E-state index in [0.29, 0.717) is 53.0 Å². The number of fused-ring (bicyclic) bond motifs is 2. The van der Waals surface area contributed by atoms with Gasteiger partial charge in [-0.15, -0.1) is 0 Å². The van der Waals surface area contributed by atoms with Crippen molar-refractivity contribution < 1.29 is 51.2 Å². The highest BCUT2D eigenvalue weighted by atomic mass is 32.1. The number of hydrogen-bond donors (Lipinski definition) is 1. The number of ether oxygens (including phenoxy) is 5. The van der Waals surface area contributed by atoms with Gasteiger partial charge in [-0.2, -0.15) is 13.2 Å². The maximum Gasteiger partial charge on any atom is 0.422 e. The van der Waals surface area contributed by atoms with E-state index < -0.39 is 29.3 Å². The number of nitrogens with zero attached hydrogens (tertiary/aromatic N) is 3. The molecule has 0 aliphatic carbocycles. The van der Waals surface area contributed by atoms with E-state index >= 15 is 0 Å². The van der Waals surface area contributed by atoms with E-state index in [4.69, 9.17) is 23.9 Å². The molecule has 2 heterocycles. The topological polar surface area (TPSA) is 148 Å². The molecule has 0 unspecified atom stereocenters. The fourth-order valence-electron chi connectivity index (χ4n) is 6.93.